The van der Waals surface area contributed by atoms with Crippen LogP contribution in [0.15, 0.2) is 63.1 Å². The predicted octanol–water partition coefficient (Wildman–Crippen LogP) is 6.40. The number of ether oxygens (including phenoxy) is 2. The van der Waals surface area contributed by atoms with E-state index in [2.05, 4.69) is 36.3 Å². The van der Waals surface area contributed by atoms with E-state index in [-0.39, 0.29) is 33.2 Å². The Morgan fingerprint density at radius 1 is 1.06 bits per heavy atom. The molecule has 1 aromatic carbocycles. The third-order valence-corrected chi connectivity index (χ3v) is 12.7. The number of para-hydroxylation sites is 1. The summed E-state index contributed by atoms with van der Waals surface area (Å²) in [5.74, 6) is 3.31. The van der Waals surface area contributed by atoms with Gasteiger partial charge in [0.25, 0.3) is 5.69 Å². The second kappa shape index (κ2) is 12.9. The highest BCUT2D eigenvalue weighted by molar-refractivity contribution is 6.00. The molecular weight excluding hydrogens is 638 g/mol. The van der Waals surface area contributed by atoms with Crippen molar-refractivity contribution in [1.82, 2.24) is 10.5 Å². The van der Waals surface area contributed by atoms with Gasteiger partial charge in [-0.25, -0.2) is 9.59 Å². The Hall–Kier alpha value is -4.69. The number of methoxy groups -OCH3 is 2. The van der Waals surface area contributed by atoms with E-state index in [0.29, 0.717) is 29.1 Å². The third-order valence-electron chi connectivity index (χ3n) is 12.7. The van der Waals surface area contributed by atoms with Gasteiger partial charge in [-0.1, -0.05) is 48.7 Å². The Bertz CT molecular complexity index is 1840. The molecule has 0 saturated heterocycles. The topological polar surface area (TPSA) is 154 Å². The molecule has 11 heteroatoms. The molecule has 4 aliphatic carbocycles. The normalized spacial score (nSPS) is 31.3. The van der Waals surface area contributed by atoms with Gasteiger partial charge in [0.05, 0.1) is 42.4 Å². The Kier molecular flexibility index (Phi) is 9.06. The van der Waals surface area contributed by atoms with Crippen LogP contribution in [0.4, 0.5) is 5.69 Å². The number of hydrogen-bond acceptors (Lipinski definition) is 10. The Balaban J connectivity index is 0.000000173. The number of aromatic nitrogens is 1. The molecule has 2 heterocycles. The van der Waals surface area contributed by atoms with E-state index in [1.165, 1.54) is 44.4 Å². The molecule has 3 fully saturated rings. The number of nitrogens with one attached hydrogen (secondary N) is 1. The van der Waals surface area contributed by atoms with Crippen LogP contribution in [0.2, 0.25) is 0 Å². The highest BCUT2D eigenvalue weighted by atomic mass is 16.6. The number of allylic oxidation sites excluding steroid dienone is 3. The predicted molar refractivity (Wildman–Crippen MR) is 185 cm³/mol. The lowest BCUT2D eigenvalue weighted by molar-refractivity contribution is -0.385. The molecule has 50 heavy (non-hydrogen) atoms. The molecule has 0 radical (unpaired) electrons. The molecule has 0 amide bonds. The molecule has 5 aliphatic rings. The zero-order valence-electron chi connectivity index (χ0n) is 29.5. The summed E-state index contributed by atoms with van der Waals surface area (Å²) in [5.41, 5.74) is 3.18. The number of aliphatic hydroxyl groups is 1. The van der Waals surface area contributed by atoms with E-state index in [1.807, 2.05) is 6.20 Å². The van der Waals surface area contributed by atoms with E-state index >= 15 is 0 Å². The molecule has 7 rings (SSSR count). The Labute approximate surface area is 292 Å². The molecule has 3 saturated carbocycles. The molecular formula is C39H45N3O8. The first-order chi connectivity index (χ1) is 23.7. The van der Waals surface area contributed by atoms with Crippen LogP contribution in [-0.4, -0.2) is 46.9 Å². The smallest absolute Gasteiger partial charge is 0.336 e. The van der Waals surface area contributed by atoms with Crippen LogP contribution in [0.1, 0.15) is 89.0 Å². The van der Waals surface area contributed by atoms with Gasteiger partial charge < -0.3 is 24.4 Å². The van der Waals surface area contributed by atoms with Crippen LogP contribution >= 0.6 is 0 Å². The Morgan fingerprint density at radius 2 is 1.70 bits per heavy atom. The van der Waals surface area contributed by atoms with Crippen molar-refractivity contribution < 1.29 is 33.6 Å². The number of nitro benzene ring substituents is 1. The van der Waals surface area contributed by atoms with Gasteiger partial charge in [-0.2, -0.15) is 0 Å². The van der Waals surface area contributed by atoms with Gasteiger partial charge in [-0.15, -0.1) is 6.42 Å². The lowest BCUT2D eigenvalue weighted by atomic mass is 9.46. The van der Waals surface area contributed by atoms with E-state index in [9.17, 15) is 24.8 Å². The van der Waals surface area contributed by atoms with E-state index < -0.39 is 28.4 Å². The fraction of sp³-hybridized carbons (Fsp3) is 0.513. The van der Waals surface area contributed by atoms with Crippen molar-refractivity contribution >= 4 is 23.7 Å². The first kappa shape index (κ1) is 35.1. The molecule has 0 spiro atoms. The third kappa shape index (κ3) is 5.36. The summed E-state index contributed by atoms with van der Waals surface area (Å²) >= 11 is 0. The van der Waals surface area contributed by atoms with Crippen molar-refractivity contribution in [2.45, 2.75) is 84.2 Å². The minimum Gasteiger partial charge on any atom is -0.466 e. The van der Waals surface area contributed by atoms with Gasteiger partial charge in [0.2, 0.25) is 0 Å². The van der Waals surface area contributed by atoms with Gasteiger partial charge >= 0.3 is 11.9 Å². The van der Waals surface area contributed by atoms with Crippen molar-refractivity contribution in [2.75, 3.05) is 14.2 Å². The lowest BCUT2D eigenvalue weighted by Crippen LogP contribution is -2.54. The number of nitro groups is 1. The maximum atomic E-state index is 12.3. The summed E-state index contributed by atoms with van der Waals surface area (Å²) in [7, 11) is 2.42. The summed E-state index contributed by atoms with van der Waals surface area (Å²) in [6.07, 6.45) is 17.4. The standard InChI is InChI=1S/C22H27NO2.C17H18N2O6/c1-4-22(24)10-8-18-16-6-5-15-11-19-14(13-23-25-19)12-20(15,2)17(16)7-9-21(18,22)3;1-9-13(16(20)24-3)15(14(10(2)18-9)17(21)25-4)11-7-5-6-8-12(11)19(22)23/h1,11,13,16-18,24H,5-10,12H2,2-3H3;5-8,15,18H,1-4H3. The summed E-state index contributed by atoms with van der Waals surface area (Å²) < 4.78 is 15.1. The van der Waals surface area contributed by atoms with Gasteiger partial charge in [0.15, 0.2) is 5.76 Å². The average molecular weight is 684 g/mol. The highest BCUT2D eigenvalue weighted by Crippen LogP contribution is 2.67. The maximum absolute atomic E-state index is 12.3. The van der Waals surface area contributed by atoms with E-state index in [4.69, 9.17) is 20.4 Å². The summed E-state index contributed by atoms with van der Waals surface area (Å²) in [4.78, 5) is 35.6. The van der Waals surface area contributed by atoms with Crippen molar-refractivity contribution in [2.24, 2.45) is 28.6 Å². The van der Waals surface area contributed by atoms with Crippen LogP contribution < -0.4 is 5.32 Å². The van der Waals surface area contributed by atoms with Crippen LogP contribution in [0.5, 0.6) is 0 Å². The van der Waals surface area contributed by atoms with Crippen LogP contribution in [0.3, 0.4) is 0 Å². The maximum Gasteiger partial charge on any atom is 0.336 e. The van der Waals surface area contributed by atoms with Gasteiger partial charge in [0, 0.05) is 34.0 Å². The Morgan fingerprint density at radius 3 is 2.32 bits per heavy atom. The van der Waals surface area contributed by atoms with Crippen molar-refractivity contribution in [3.63, 3.8) is 0 Å². The number of benzene rings is 1. The number of carbonyl (C=O) groups is 2. The first-order valence-corrected chi connectivity index (χ1v) is 17.2. The van der Waals surface area contributed by atoms with Gasteiger partial charge in [-0.3, -0.25) is 10.1 Å². The minimum atomic E-state index is -0.970. The minimum absolute atomic E-state index is 0.114. The van der Waals surface area contributed by atoms with Gasteiger partial charge in [-0.05, 0) is 88.0 Å². The average Bonchev–Trinajstić information content (AvgIpc) is 3.66. The number of carbonyl (C=O) groups excluding carboxylic acids is 2. The number of nitrogens with zero attached hydrogens (tertiary/aromatic N) is 2. The second-order valence-corrected chi connectivity index (χ2v) is 14.8. The number of fused-ring (bicyclic) bond motifs is 6. The number of esters is 2. The second-order valence-electron chi connectivity index (χ2n) is 14.8. The van der Waals surface area contributed by atoms with Crippen LogP contribution in [0.25, 0.3) is 6.08 Å². The summed E-state index contributed by atoms with van der Waals surface area (Å²) in [6.45, 7) is 8.00. The monoisotopic (exact) mass is 683 g/mol. The summed E-state index contributed by atoms with van der Waals surface area (Å²) in [5, 5.41) is 29.5. The first-order valence-electron chi connectivity index (χ1n) is 17.2. The molecule has 2 N–H and O–H groups in total. The number of dihydropyridines is 1. The summed E-state index contributed by atoms with van der Waals surface area (Å²) in [6, 6.07) is 5.97. The van der Waals surface area contributed by atoms with Crippen molar-refractivity contribution in [3.8, 4) is 12.3 Å². The molecule has 11 nitrogen and oxygen atoms in total. The zero-order valence-corrected chi connectivity index (χ0v) is 29.5. The molecule has 264 valence electrons. The zero-order chi connectivity index (χ0) is 36.2. The molecule has 1 aromatic heterocycles. The number of rotatable bonds is 4. The fourth-order valence-corrected chi connectivity index (χ4v) is 10.1. The van der Waals surface area contributed by atoms with E-state index in [0.717, 1.165) is 44.3 Å². The van der Waals surface area contributed by atoms with Crippen LogP contribution in [0, 0.1) is 51.0 Å². The fourth-order valence-electron chi connectivity index (χ4n) is 10.1. The van der Waals surface area contributed by atoms with Crippen molar-refractivity contribution in [1.29, 1.82) is 0 Å². The lowest BCUT2D eigenvalue weighted by Gasteiger charge is -2.58. The van der Waals surface area contributed by atoms with Crippen molar-refractivity contribution in [3.05, 3.63) is 85.6 Å². The van der Waals surface area contributed by atoms with Crippen LogP contribution in [-0.2, 0) is 25.5 Å². The SMILES string of the molecule is C#CC1(O)CCC2C3CCC4=Cc5oncc5CC4(C)C3CCC21C.COC(=O)C1=C(C)NC(C)=C(C(=O)OC)C1c1ccccc1[N+](=O)[O-]. The molecule has 2 aromatic rings. The number of hydrogen-bond donors (Lipinski definition) is 2. The van der Waals surface area contributed by atoms with Gasteiger partial charge in [0.1, 0.15) is 5.60 Å². The molecule has 6 atom stereocenters. The molecule has 1 aliphatic heterocycles. The quantitative estimate of drug-likeness (QED) is 0.160. The number of terminal acetylenes is 1. The molecule has 6 unspecified atom stereocenters. The molecule has 0 bridgehead atoms. The van der Waals surface area contributed by atoms with E-state index in [1.54, 1.807) is 25.5 Å². The highest BCUT2D eigenvalue weighted by Gasteiger charge is 2.63. The largest absolute Gasteiger partial charge is 0.466 e.